The number of thiol groups is 1. The molecule has 0 radical (unpaired) electrons. The minimum atomic E-state index is -0.135. The van der Waals surface area contributed by atoms with Crippen LogP contribution in [-0.2, 0) is 0 Å². The lowest BCUT2D eigenvalue weighted by Crippen LogP contribution is -2.07. The average Bonchev–Trinajstić information content (AvgIpc) is 2.09. The molecule has 0 aliphatic rings. The van der Waals surface area contributed by atoms with Crippen molar-refractivity contribution >= 4 is 12.6 Å². The topological polar surface area (TPSA) is 32.9 Å². The Balaban J connectivity index is 2.85. The molecule has 0 unspecified atom stereocenters. The molecule has 0 spiro atoms. The van der Waals surface area contributed by atoms with Gasteiger partial charge in [-0.15, -0.1) is 0 Å². The van der Waals surface area contributed by atoms with E-state index in [0.717, 1.165) is 5.75 Å². The van der Waals surface area contributed by atoms with Gasteiger partial charge in [0, 0.05) is 18.4 Å². The average molecular weight is 179 g/mol. The van der Waals surface area contributed by atoms with Crippen molar-refractivity contribution in [3.05, 3.63) is 34.2 Å². The third kappa shape index (κ3) is 2.48. The Morgan fingerprint density at radius 1 is 1.58 bits per heavy atom. The zero-order valence-electron chi connectivity index (χ0n) is 6.50. The molecule has 0 atom stereocenters. The lowest BCUT2D eigenvalue weighted by Gasteiger charge is -1.85. The SMILES string of the molecule is O=c1[nH]cccc1C#CCCS. The van der Waals surface area contributed by atoms with Crippen molar-refractivity contribution in [3.8, 4) is 11.8 Å². The second-order valence-corrected chi connectivity index (χ2v) is 2.64. The highest BCUT2D eigenvalue weighted by molar-refractivity contribution is 7.80. The van der Waals surface area contributed by atoms with E-state index in [4.69, 9.17) is 0 Å². The van der Waals surface area contributed by atoms with Gasteiger partial charge in [-0.2, -0.15) is 12.6 Å². The fourth-order valence-corrected chi connectivity index (χ4v) is 0.845. The van der Waals surface area contributed by atoms with Crippen LogP contribution in [-0.4, -0.2) is 10.7 Å². The molecule has 0 saturated carbocycles. The van der Waals surface area contributed by atoms with E-state index in [1.807, 2.05) is 0 Å². The summed E-state index contributed by atoms with van der Waals surface area (Å²) in [6.07, 6.45) is 2.30. The predicted octanol–water partition coefficient (Wildman–Crippen LogP) is 1.05. The van der Waals surface area contributed by atoms with E-state index in [9.17, 15) is 4.79 Å². The molecule has 1 aromatic rings. The van der Waals surface area contributed by atoms with Gasteiger partial charge in [0.15, 0.2) is 0 Å². The molecule has 2 nitrogen and oxygen atoms in total. The highest BCUT2D eigenvalue weighted by atomic mass is 32.1. The van der Waals surface area contributed by atoms with Crippen LogP contribution in [0.4, 0.5) is 0 Å². The Morgan fingerprint density at radius 3 is 3.08 bits per heavy atom. The summed E-state index contributed by atoms with van der Waals surface area (Å²) in [5.74, 6) is 6.34. The van der Waals surface area contributed by atoms with Crippen molar-refractivity contribution in [2.75, 3.05) is 5.75 Å². The summed E-state index contributed by atoms with van der Waals surface area (Å²) in [7, 11) is 0. The first kappa shape index (κ1) is 8.95. The fourth-order valence-electron chi connectivity index (χ4n) is 0.734. The zero-order chi connectivity index (χ0) is 8.81. The van der Waals surface area contributed by atoms with E-state index < -0.39 is 0 Å². The summed E-state index contributed by atoms with van der Waals surface area (Å²) >= 11 is 4.00. The van der Waals surface area contributed by atoms with Gasteiger partial charge in [0.05, 0.1) is 5.56 Å². The molecule has 1 N–H and O–H groups in total. The van der Waals surface area contributed by atoms with Crippen LogP contribution >= 0.6 is 12.6 Å². The normalized spacial score (nSPS) is 8.75. The van der Waals surface area contributed by atoms with Gasteiger partial charge in [-0.25, -0.2) is 0 Å². The summed E-state index contributed by atoms with van der Waals surface area (Å²) in [5.41, 5.74) is 0.378. The molecule has 62 valence electrons. The van der Waals surface area contributed by atoms with Crippen LogP contribution < -0.4 is 5.56 Å². The van der Waals surface area contributed by atoms with Gasteiger partial charge >= 0.3 is 0 Å². The third-order valence-electron chi connectivity index (χ3n) is 1.28. The maximum Gasteiger partial charge on any atom is 0.263 e. The van der Waals surface area contributed by atoms with Gasteiger partial charge in [0.2, 0.25) is 0 Å². The summed E-state index contributed by atoms with van der Waals surface area (Å²) in [6, 6.07) is 3.45. The number of H-pyrrole nitrogens is 1. The summed E-state index contributed by atoms with van der Waals surface area (Å²) in [4.78, 5) is 13.6. The maximum atomic E-state index is 11.0. The number of rotatable bonds is 1. The van der Waals surface area contributed by atoms with Gasteiger partial charge in [-0.3, -0.25) is 4.79 Å². The van der Waals surface area contributed by atoms with Crippen LogP contribution in [0.1, 0.15) is 12.0 Å². The molecular weight excluding hydrogens is 170 g/mol. The van der Waals surface area contributed by atoms with Crippen molar-refractivity contribution in [1.29, 1.82) is 0 Å². The van der Waals surface area contributed by atoms with E-state index in [2.05, 4.69) is 29.5 Å². The molecule has 0 aromatic carbocycles. The molecular formula is C9H9NOS. The van der Waals surface area contributed by atoms with Gasteiger partial charge < -0.3 is 4.98 Å². The molecule has 0 aliphatic carbocycles. The Hall–Kier alpha value is -1.14. The predicted molar refractivity (Wildman–Crippen MR) is 52.4 cm³/mol. The fraction of sp³-hybridized carbons (Fsp3) is 0.222. The van der Waals surface area contributed by atoms with E-state index in [1.165, 1.54) is 0 Å². The van der Waals surface area contributed by atoms with Crippen molar-refractivity contribution in [2.45, 2.75) is 6.42 Å². The summed E-state index contributed by atoms with van der Waals surface area (Å²) in [5, 5.41) is 0. The van der Waals surface area contributed by atoms with Gasteiger partial charge in [0.25, 0.3) is 5.56 Å². The van der Waals surface area contributed by atoms with E-state index in [0.29, 0.717) is 12.0 Å². The van der Waals surface area contributed by atoms with E-state index in [1.54, 1.807) is 18.3 Å². The first-order chi connectivity index (χ1) is 5.84. The lowest BCUT2D eigenvalue weighted by molar-refractivity contribution is 1.22. The molecule has 0 aliphatic heterocycles. The van der Waals surface area contributed by atoms with E-state index in [-0.39, 0.29) is 5.56 Å². The van der Waals surface area contributed by atoms with Gasteiger partial charge in [0.1, 0.15) is 0 Å². The quantitative estimate of drug-likeness (QED) is 0.490. The highest BCUT2D eigenvalue weighted by Gasteiger charge is 1.89. The molecule has 0 fully saturated rings. The van der Waals surface area contributed by atoms with E-state index >= 15 is 0 Å². The van der Waals surface area contributed by atoms with Crippen LogP contribution in [0, 0.1) is 11.8 Å². The summed E-state index contributed by atoms with van der Waals surface area (Å²) in [6.45, 7) is 0. The number of hydrogen-bond acceptors (Lipinski definition) is 2. The first-order valence-corrected chi connectivity index (χ1v) is 4.25. The Bertz CT molecular complexity index is 359. The minimum absolute atomic E-state index is 0.135. The van der Waals surface area contributed by atoms with Crippen LogP contribution in [0.2, 0.25) is 0 Å². The Kier molecular flexibility index (Phi) is 3.49. The molecule has 12 heavy (non-hydrogen) atoms. The van der Waals surface area contributed by atoms with Crippen LogP contribution in [0.3, 0.4) is 0 Å². The number of hydrogen-bond donors (Lipinski definition) is 2. The molecule has 0 saturated heterocycles. The van der Waals surface area contributed by atoms with Crippen molar-refractivity contribution in [2.24, 2.45) is 0 Å². The standard InChI is InChI=1S/C9H9NOS/c11-9-8(4-1-2-7-12)5-3-6-10-9/h3,5-6,12H,2,7H2,(H,10,11). The number of pyridine rings is 1. The first-order valence-electron chi connectivity index (χ1n) is 3.62. The third-order valence-corrected chi connectivity index (χ3v) is 1.50. The number of nitrogens with one attached hydrogen (secondary N) is 1. The second kappa shape index (κ2) is 4.68. The van der Waals surface area contributed by atoms with Crippen LogP contribution in [0.15, 0.2) is 23.1 Å². The Morgan fingerprint density at radius 2 is 2.42 bits per heavy atom. The van der Waals surface area contributed by atoms with Gasteiger partial charge in [-0.1, -0.05) is 11.8 Å². The Labute approximate surface area is 76.4 Å². The maximum absolute atomic E-state index is 11.0. The monoisotopic (exact) mass is 179 g/mol. The lowest BCUT2D eigenvalue weighted by atomic mass is 10.3. The second-order valence-electron chi connectivity index (χ2n) is 2.19. The highest BCUT2D eigenvalue weighted by Crippen LogP contribution is 1.86. The zero-order valence-corrected chi connectivity index (χ0v) is 7.40. The van der Waals surface area contributed by atoms with Crippen molar-refractivity contribution in [3.63, 3.8) is 0 Å². The van der Waals surface area contributed by atoms with Crippen molar-refractivity contribution < 1.29 is 0 Å². The largest absolute Gasteiger partial charge is 0.328 e. The minimum Gasteiger partial charge on any atom is -0.328 e. The summed E-state index contributed by atoms with van der Waals surface area (Å²) < 4.78 is 0. The molecule has 0 bridgehead atoms. The number of aromatic nitrogens is 1. The smallest absolute Gasteiger partial charge is 0.263 e. The molecule has 0 amide bonds. The molecule has 1 aromatic heterocycles. The van der Waals surface area contributed by atoms with Crippen LogP contribution in [0.25, 0.3) is 0 Å². The molecule has 1 heterocycles. The molecule has 3 heteroatoms. The van der Waals surface area contributed by atoms with Crippen LogP contribution in [0.5, 0.6) is 0 Å². The number of aromatic amines is 1. The molecule has 1 rings (SSSR count). The van der Waals surface area contributed by atoms with Gasteiger partial charge in [-0.05, 0) is 12.1 Å². The van der Waals surface area contributed by atoms with Crippen molar-refractivity contribution in [1.82, 2.24) is 4.98 Å².